The Morgan fingerprint density at radius 1 is 1.33 bits per heavy atom. The quantitative estimate of drug-likeness (QED) is 0.601. The average Bonchev–Trinajstić information content (AvgIpc) is 2.89. The molecule has 0 amide bonds. The molecule has 0 saturated carbocycles. The number of imidazole rings is 1. The number of aryl methyl sites for hydroxylation is 2. The highest BCUT2D eigenvalue weighted by Crippen LogP contribution is 2.29. The van der Waals surface area contributed by atoms with Crippen molar-refractivity contribution in [2.75, 3.05) is 0 Å². The molecule has 0 aliphatic rings. The van der Waals surface area contributed by atoms with Crippen LogP contribution >= 0.6 is 44.1 Å². The molecule has 3 rings (SSSR count). The van der Waals surface area contributed by atoms with Gasteiger partial charge in [-0.2, -0.15) is 5.10 Å². The number of nitrogens with zero attached hydrogens (tertiary/aromatic N) is 3. The Bertz CT molecular complexity index is 875. The van der Waals surface area contributed by atoms with Gasteiger partial charge in [0, 0.05) is 16.0 Å². The SMILES string of the molecule is CCCc1nn(C)c2c1[nH]c(=S)n2-c1ccc(Br)cc1Br. The molecule has 0 fully saturated rings. The predicted octanol–water partition coefficient (Wildman–Crippen LogP) is 4.90. The number of H-pyrrole nitrogens is 1. The van der Waals surface area contributed by atoms with E-state index in [1.165, 1.54) is 0 Å². The Balaban J connectivity index is 2.32. The molecule has 0 aliphatic carbocycles. The molecule has 2 aromatic heterocycles. The van der Waals surface area contributed by atoms with Crippen LogP contribution in [0, 0.1) is 4.77 Å². The fraction of sp³-hybridized carbons (Fsp3) is 0.286. The Morgan fingerprint density at radius 2 is 2.10 bits per heavy atom. The van der Waals surface area contributed by atoms with Crippen molar-refractivity contribution in [3.05, 3.63) is 37.6 Å². The molecule has 1 aromatic carbocycles. The average molecular weight is 430 g/mol. The zero-order valence-electron chi connectivity index (χ0n) is 11.7. The molecule has 0 spiro atoms. The van der Waals surface area contributed by atoms with E-state index in [0.29, 0.717) is 4.77 Å². The molecule has 0 saturated heterocycles. The van der Waals surface area contributed by atoms with E-state index in [1.54, 1.807) is 0 Å². The number of benzene rings is 1. The molecule has 0 bridgehead atoms. The molecular weight excluding hydrogens is 416 g/mol. The molecule has 2 heterocycles. The van der Waals surface area contributed by atoms with Crippen molar-refractivity contribution in [2.45, 2.75) is 19.8 Å². The third-order valence-electron chi connectivity index (χ3n) is 3.37. The van der Waals surface area contributed by atoms with Crippen molar-refractivity contribution in [3.8, 4) is 5.69 Å². The van der Waals surface area contributed by atoms with Gasteiger partial charge in [0.05, 0.1) is 11.4 Å². The summed E-state index contributed by atoms with van der Waals surface area (Å²) in [6.45, 7) is 2.15. The Labute approximate surface area is 144 Å². The van der Waals surface area contributed by atoms with Crippen LogP contribution in [0.4, 0.5) is 0 Å². The molecule has 110 valence electrons. The Kier molecular flexibility index (Phi) is 4.07. The highest BCUT2D eigenvalue weighted by molar-refractivity contribution is 9.11. The number of aromatic amines is 1. The molecular formula is C14H14Br2N4S. The topological polar surface area (TPSA) is 38.5 Å². The van der Waals surface area contributed by atoms with Crippen molar-refractivity contribution in [3.63, 3.8) is 0 Å². The lowest BCUT2D eigenvalue weighted by Gasteiger charge is -2.07. The summed E-state index contributed by atoms with van der Waals surface area (Å²) < 4.78 is 6.59. The van der Waals surface area contributed by atoms with Gasteiger partial charge < -0.3 is 4.98 Å². The number of halogens is 2. The van der Waals surface area contributed by atoms with Gasteiger partial charge in [0.1, 0.15) is 5.52 Å². The van der Waals surface area contributed by atoms with E-state index in [4.69, 9.17) is 12.2 Å². The van der Waals surface area contributed by atoms with Crippen LogP contribution in [0.25, 0.3) is 16.9 Å². The highest BCUT2D eigenvalue weighted by Gasteiger charge is 2.17. The van der Waals surface area contributed by atoms with E-state index < -0.39 is 0 Å². The number of hydrogen-bond donors (Lipinski definition) is 1. The molecule has 0 radical (unpaired) electrons. The van der Waals surface area contributed by atoms with Crippen LogP contribution in [0.3, 0.4) is 0 Å². The molecule has 21 heavy (non-hydrogen) atoms. The smallest absolute Gasteiger partial charge is 0.184 e. The zero-order valence-corrected chi connectivity index (χ0v) is 15.6. The number of fused-ring (bicyclic) bond motifs is 1. The van der Waals surface area contributed by atoms with Gasteiger partial charge in [0.15, 0.2) is 10.4 Å². The van der Waals surface area contributed by atoms with E-state index in [0.717, 1.165) is 44.3 Å². The first-order chi connectivity index (χ1) is 10.0. The first kappa shape index (κ1) is 15.0. The summed E-state index contributed by atoms with van der Waals surface area (Å²) in [5.74, 6) is 0. The van der Waals surface area contributed by atoms with Crippen molar-refractivity contribution in [2.24, 2.45) is 7.05 Å². The monoisotopic (exact) mass is 428 g/mol. The van der Waals surface area contributed by atoms with Gasteiger partial charge in [-0.25, -0.2) is 4.68 Å². The second-order valence-electron chi connectivity index (χ2n) is 4.88. The number of rotatable bonds is 3. The van der Waals surface area contributed by atoms with Gasteiger partial charge in [-0.3, -0.25) is 4.57 Å². The lowest BCUT2D eigenvalue weighted by molar-refractivity contribution is 0.735. The lowest BCUT2D eigenvalue weighted by Crippen LogP contribution is -2.01. The van der Waals surface area contributed by atoms with Gasteiger partial charge in [0.25, 0.3) is 0 Å². The molecule has 3 aromatic rings. The molecule has 0 unspecified atom stereocenters. The standard InChI is InChI=1S/C14H14Br2N4S/c1-3-4-10-12-13(19(2)18-10)20(14(21)17-12)11-6-5-8(15)7-9(11)16/h5-7H,3-4H2,1-2H3,(H,17,21). The molecule has 0 aliphatic heterocycles. The van der Waals surface area contributed by atoms with E-state index in [2.05, 4.69) is 48.9 Å². The van der Waals surface area contributed by atoms with Crippen molar-refractivity contribution >= 4 is 55.2 Å². The first-order valence-corrected chi connectivity index (χ1v) is 8.64. The van der Waals surface area contributed by atoms with Crippen molar-refractivity contribution < 1.29 is 0 Å². The van der Waals surface area contributed by atoms with Crippen LogP contribution in [0.15, 0.2) is 27.1 Å². The lowest BCUT2D eigenvalue weighted by atomic mass is 10.2. The van der Waals surface area contributed by atoms with Gasteiger partial charge in [-0.05, 0) is 52.8 Å². The number of hydrogen-bond acceptors (Lipinski definition) is 2. The van der Waals surface area contributed by atoms with Crippen molar-refractivity contribution in [1.29, 1.82) is 0 Å². The molecule has 4 nitrogen and oxygen atoms in total. The fourth-order valence-corrected chi connectivity index (χ4v) is 4.02. The molecule has 7 heteroatoms. The van der Waals surface area contributed by atoms with Crippen LogP contribution in [0.1, 0.15) is 19.0 Å². The third kappa shape index (κ3) is 2.51. The summed E-state index contributed by atoms with van der Waals surface area (Å²) in [7, 11) is 1.95. The molecule has 0 atom stereocenters. The Morgan fingerprint density at radius 3 is 2.76 bits per heavy atom. The van der Waals surface area contributed by atoms with E-state index in [9.17, 15) is 0 Å². The summed E-state index contributed by atoms with van der Waals surface area (Å²) in [5.41, 5.74) is 4.08. The maximum Gasteiger partial charge on any atom is 0.184 e. The number of aromatic nitrogens is 4. The van der Waals surface area contributed by atoms with Crippen LogP contribution in [-0.4, -0.2) is 19.3 Å². The normalized spacial score (nSPS) is 11.4. The minimum absolute atomic E-state index is 0.679. The summed E-state index contributed by atoms with van der Waals surface area (Å²) in [6, 6.07) is 6.05. The fourth-order valence-electron chi connectivity index (χ4n) is 2.51. The number of nitrogens with one attached hydrogen (secondary N) is 1. The van der Waals surface area contributed by atoms with Gasteiger partial charge in [-0.15, -0.1) is 0 Å². The molecule has 1 N–H and O–H groups in total. The summed E-state index contributed by atoms with van der Waals surface area (Å²) >= 11 is 12.6. The second kappa shape index (κ2) is 5.70. The third-order valence-corrected chi connectivity index (χ3v) is 4.79. The van der Waals surface area contributed by atoms with Crippen LogP contribution < -0.4 is 0 Å². The summed E-state index contributed by atoms with van der Waals surface area (Å²) in [4.78, 5) is 3.30. The Hall–Kier alpha value is -0.920. The van der Waals surface area contributed by atoms with Gasteiger partial charge >= 0.3 is 0 Å². The van der Waals surface area contributed by atoms with E-state index in [-0.39, 0.29) is 0 Å². The van der Waals surface area contributed by atoms with E-state index >= 15 is 0 Å². The first-order valence-electron chi connectivity index (χ1n) is 6.65. The largest absolute Gasteiger partial charge is 0.327 e. The van der Waals surface area contributed by atoms with Crippen LogP contribution in [0.5, 0.6) is 0 Å². The van der Waals surface area contributed by atoms with Crippen molar-refractivity contribution in [1.82, 2.24) is 19.3 Å². The maximum atomic E-state index is 5.52. The predicted molar refractivity (Wildman–Crippen MR) is 94.6 cm³/mol. The summed E-state index contributed by atoms with van der Waals surface area (Å²) in [6.07, 6.45) is 1.99. The van der Waals surface area contributed by atoms with E-state index in [1.807, 2.05) is 34.5 Å². The highest BCUT2D eigenvalue weighted by atomic mass is 79.9. The maximum absolute atomic E-state index is 5.52. The minimum Gasteiger partial charge on any atom is -0.327 e. The van der Waals surface area contributed by atoms with Crippen LogP contribution in [0.2, 0.25) is 0 Å². The second-order valence-corrected chi connectivity index (χ2v) is 7.04. The van der Waals surface area contributed by atoms with Gasteiger partial charge in [0.2, 0.25) is 0 Å². The zero-order chi connectivity index (χ0) is 15.1. The van der Waals surface area contributed by atoms with Gasteiger partial charge in [-0.1, -0.05) is 29.3 Å². The minimum atomic E-state index is 0.679. The van der Waals surface area contributed by atoms with Crippen LogP contribution in [-0.2, 0) is 13.5 Å². The summed E-state index contributed by atoms with van der Waals surface area (Å²) in [5, 5.41) is 4.61.